The van der Waals surface area contributed by atoms with Gasteiger partial charge in [-0.25, -0.2) is 8.78 Å². The van der Waals surface area contributed by atoms with Crippen molar-refractivity contribution >= 4 is 27.7 Å². The Morgan fingerprint density at radius 2 is 1.84 bits per heavy atom. The minimum absolute atomic E-state index is 0.234. The highest BCUT2D eigenvalue weighted by Crippen LogP contribution is 2.32. The van der Waals surface area contributed by atoms with Crippen LogP contribution in [0.15, 0.2) is 46.9 Å². The van der Waals surface area contributed by atoms with Crippen LogP contribution in [0, 0.1) is 18.6 Å². The van der Waals surface area contributed by atoms with Crippen LogP contribution < -0.4 is 5.32 Å². The van der Waals surface area contributed by atoms with Crippen molar-refractivity contribution in [3.05, 3.63) is 69.8 Å². The van der Waals surface area contributed by atoms with Gasteiger partial charge in [-0.1, -0.05) is 28.1 Å². The summed E-state index contributed by atoms with van der Waals surface area (Å²) in [6, 6.07) is 10.4. The quantitative estimate of drug-likeness (QED) is 0.686. The maximum absolute atomic E-state index is 13.8. The molecule has 3 rings (SSSR count). The Labute approximate surface area is 151 Å². The zero-order valence-corrected chi connectivity index (χ0v) is 15.1. The molecule has 0 unspecified atom stereocenters. The summed E-state index contributed by atoms with van der Waals surface area (Å²) in [7, 11) is 1.69. The Morgan fingerprint density at radius 1 is 1.16 bits per heavy atom. The number of nitrogens with one attached hydrogen (secondary N) is 1. The first-order valence-electron chi connectivity index (χ1n) is 7.42. The fraction of sp³-hybridized carbons (Fsp3) is 0.111. The Morgan fingerprint density at radius 3 is 2.48 bits per heavy atom. The molecule has 0 aliphatic carbocycles. The molecule has 1 aromatic heterocycles. The second-order valence-corrected chi connectivity index (χ2v) is 6.43. The van der Waals surface area contributed by atoms with Gasteiger partial charge in [0.05, 0.1) is 11.3 Å². The zero-order valence-electron chi connectivity index (χ0n) is 13.5. The van der Waals surface area contributed by atoms with E-state index in [9.17, 15) is 13.6 Å². The first-order chi connectivity index (χ1) is 11.9. The van der Waals surface area contributed by atoms with E-state index in [4.69, 9.17) is 0 Å². The highest BCUT2D eigenvalue weighted by Gasteiger charge is 2.20. The number of hydrogen-bond donors (Lipinski definition) is 1. The average Bonchev–Trinajstić information content (AvgIpc) is 2.82. The lowest BCUT2D eigenvalue weighted by Crippen LogP contribution is -2.16. The molecule has 1 N–H and O–H groups in total. The summed E-state index contributed by atoms with van der Waals surface area (Å²) in [5.41, 5.74) is 2.09. The van der Waals surface area contributed by atoms with Crippen LogP contribution in [-0.2, 0) is 7.05 Å². The molecule has 2 aromatic carbocycles. The number of anilines is 1. The Hall–Kier alpha value is -2.54. The van der Waals surface area contributed by atoms with Crippen molar-refractivity contribution < 1.29 is 13.6 Å². The van der Waals surface area contributed by atoms with Crippen LogP contribution in [0.5, 0.6) is 0 Å². The van der Waals surface area contributed by atoms with Gasteiger partial charge < -0.3 is 5.32 Å². The van der Waals surface area contributed by atoms with E-state index in [1.165, 1.54) is 4.68 Å². The lowest BCUT2D eigenvalue weighted by molar-refractivity contribution is 0.102. The van der Waals surface area contributed by atoms with Gasteiger partial charge in [0, 0.05) is 23.2 Å². The van der Waals surface area contributed by atoms with E-state index in [0.717, 1.165) is 33.4 Å². The first kappa shape index (κ1) is 17.3. The molecule has 3 aromatic rings. The molecule has 0 bridgehead atoms. The number of hydrogen-bond acceptors (Lipinski definition) is 2. The Bertz CT molecular complexity index is 952. The predicted molar refractivity (Wildman–Crippen MR) is 95.4 cm³/mol. The maximum atomic E-state index is 13.8. The molecule has 1 heterocycles. The summed E-state index contributed by atoms with van der Waals surface area (Å²) in [5, 5.41) is 7.01. The molecule has 0 saturated heterocycles. The minimum Gasteiger partial charge on any atom is -0.306 e. The van der Waals surface area contributed by atoms with Gasteiger partial charge in [0.25, 0.3) is 5.91 Å². The summed E-state index contributed by atoms with van der Waals surface area (Å²) in [4.78, 5) is 12.4. The van der Waals surface area contributed by atoms with Gasteiger partial charge >= 0.3 is 0 Å². The molecule has 0 aliphatic heterocycles. The molecule has 0 fully saturated rings. The maximum Gasteiger partial charge on any atom is 0.259 e. The SMILES string of the molecule is Cc1nn(C)c(NC(=O)c2ccc(F)cc2F)c1-c1ccc(Br)cc1. The van der Waals surface area contributed by atoms with E-state index in [1.807, 2.05) is 31.2 Å². The molecular formula is C18H14BrF2N3O. The van der Waals surface area contributed by atoms with Crippen molar-refractivity contribution in [3.8, 4) is 11.1 Å². The number of rotatable bonds is 3. The lowest BCUT2D eigenvalue weighted by Gasteiger charge is -2.10. The number of aromatic nitrogens is 2. The number of nitrogens with zero attached hydrogens (tertiary/aromatic N) is 2. The second-order valence-electron chi connectivity index (χ2n) is 5.52. The van der Waals surface area contributed by atoms with Gasteiger partial charge in [0.1, 0.15) is 17.5 Å². The van der Waals surface area contributed by atoms with Crippen LogP contribution in [-0.4, -0.2) is 15.7 Å². The molecule has 1 amide bonds. The summed E-state index contributed by atoms with van der Waals surface area (Å²) in [6.45, 7) is 1.82. The smallest absolute Gasteiger partial charge is 0.259 e. The Balaban J connectivity index is 2.00. The van der Waals surface area contributed by atoms with Crippen LogP contribution in [0.1, 0.15) is 16.1 Å². The number of amides is 1. The van der Waals surface area contributed by atoms with E-state index < -0.39 is 17.5 Å². The minimum atomic E-state index is -0.915. The molecule has 4 nitrogen and oxygen atoms in total. The molecule has 7 heteroatoms. The van der Waals surface area contributed by atoms with Crippen LogP contribution >= 0.6 is 15.9 Å². The third-order valence-corrected chi connectivity index (χ3v) is 4.29. The monoisotopic (exact) mass is 405 g/mol. The number of halogens is 3. The van der Waals surface area contributed by atoms with Crippen molar-refractivity contribution in [2.75, 3.05) is 5.32 Å². The van der Waals surface area contributed by atoms with E-state index in [2.05, 4.69) is 26.3 Å². The van der Waals surface area contributed by atoms with Crippen LogP contribution in [0.3, 0.4) is 0 Å². The van der Waals surface area contributed by atoms with Crippen LogP contribution in [0.2, 0.25) is 0 Å². The third kappa shape index (κ3) is 3.46. The molecule has 0 spiro atoms. The lowest BCUT2D eigenvalue weighted by atomic mass is 10.1. The van der Waals surface area contributed by atoms with Crippen molar-refractivity contribution in [2.24, 2.45) is 7.05 Å². The predicted octanol–water partition coefficient (Wildman–Crippen LogP) is 4.69. The van der Waals surface area contributed by atoms with Gasteiger partial charge in [-0.15, -0.1) is 0 Å². The average molecular weight is 406 g/mol. The fourth-order valence-corrected chi connectivity index (χ4v) is 2.88. The molecule has 0 atom stereocenters. The summed E-state index contributed by atoms with van der Waals surface area (Å²) in [6.07, 6.45) is 0. The van der Waals surface area contributed by atoms with Gasteiger partial charge in [0.2, 0.25) is 0 Å². The second kappa shape index (κ2) is 6.76. The molecule has 0 saturated carbocycles. The van der Waals surface area contributed by atoms with E-state index in [0.29, 0.717) is 11.9 Å². The van der Waals surface area contributed by atoms with Crippen molar-refractivity contribution in [2.45, 2.75) is 6.92 Å². The summed E-state index contributed by atoms with van der Waals surface area (Å²) < 4.78 is 29.3. The normalized spacial score (nSPS) is 10.8. The van der Waals surface area contributed by atoms with Gasteiger partial charge in [0.15, 0.2) is 0 Å². The molecule has 0 aliphatic rings. The summed E-state index contributed by atoms with van der Waals surface area (Å²) >= 11 is 3.38. The van der Waals surface area contributed by atoms with Crippen LogP contribution in [0.4, 0.5) is 14.6 Å². The van der Waals surface area contributed by atoms with Crippen LogP contribution in [0.25, 0.3) is 11.1 Å². The molecular weight excluding hydrogens is 392 g/mol. The van der Waals surface area contributed by atoms with E-state index >= 15 is 0 Å². The van der Waals surface area contributed by atoms with Gasteiger partial charge in [-0.2, -0.15) is 5.10 Å². The number of aryl methyl sites for hydroxylation is 2. The number of carbonyl (C=O) groups is 1. The molecule has 25 heavy (non-hydrogen) atoms. The molecule has 0 radical (unpaired) electrons. The summed E-state index contributed by atoms with van der Waals surface area (Å²) in [5.74, 6) is -1.88. The topological polar surface area (TPSA) is 46.9 Å². The molecule has 128 valence electrons. The third-order valence-electron chi connectivity index (χ3n) is 3.76. The van der Waals surface area contributed by atoms with E-state index in [1.54, 1.807) is 7.05 Å². The number of carbonyl (C=O) groups excluding carboxylic acids is 1. The van der Waals surface area contributed by atoms with E-state index in [-0.39, 0.29) is 5.56 Å². The van der Waals surface area contributed by atoms with Crippen molar-refractivity contribution in [1.82, 2.24) is 9.78 Å². The highest BCUT2D eigenvalue weighted by molar-refractivity contribution is 9.10. The fourth-order valence-electron chi connectivity index (χ4n) is 2.61. The Kier molecular flexibility index (Phi) is 4.67. The largest absolute Gasteiger partial charge is 0.306 e. The van der Waals surface area contributed by atoms with Crippen molar-refractivity contribution in [3.63, 3.8) is 0 Å². The first-order valence-corrected chi connectivity index (χ1v) is 8.22. The number of benzene rings is 2. The van der Waals surface area contributed by atoms with Gasteiger partial charge in [-0.3, -0.25) is 9.48 Å². The standard InChI is InChI=1S/C18H14BrF2N3O/c1-10-16(11-3-5-12(19)6-4-11)17(24(2)23-10)22-18(25)14-8-7-13(20)9-15(14)21/h3-9H,1-2H3,(H,22,25). The zero-order chi connectivity index (χ0) is 18.1. The van der Waals surface area contributed by atoms with Crippen molar-refractivity contribution in [1.29, 1.82) is 0 Å². The van der Waals surface area contributed by atoms with Gasteiger partial charge in [-0.05, 0) is 36.8 Å². The highest BCUT2D eigenvalue weighted by atomic mass is 79.9.